The molecule has 0 saturated heterocycles. The predicted molar refractivity (Wildman–Crippen MR) is 49.8 cm³/mol. The molecule has 1 aromatic rings. The van der Waals surface area contributed by atoms with Crippen molar-refractivity contribution in [3.05, 3.63) is 21.9 Å². The molecule has 0 aliphatic rings. The Balaban J connectivity index is 3.45. The molecule has 1 aromatic heterocycles. The predicted octanol–water partition coefficient (Wildman–Crippen LogP) is 1.46. The normalized spacial score (nSPS) is 10.6. The van der Waals surface area contributed by atoms with Gasteiger partial charge >= 0.3 is 0 Å². The van der Waals surface area contributed by atoms with Gasteiger partial charge in [-0.15, -0.1) is 0 Å². The third-order valence-electron chi connectivity index (χ3n) is 1.55. The number of amides is 1. The highest BCUT2D eigenvalue weighted by Crippen LogP contribution is 2.29. The molecule has 14 heavy (non-hydrogen) atoms. The third-order valence-corrected chi connectivity index (χ3v) is 2.18. The first-order valence-corrected chi connectivity index (χ1v) is 4.26. The minimum Gasteiger partial charge on any atom is -0.397 e. The van der Waals surface area contributed by atoms with Crippen molar-refractivity contribution in [2.45, 2.75) is 6.43 Å². The summed E-state index contributed by atoms with van der Waals surface area (Å²) >= 11 is 2.96. The summed E-state index contributed by atoms with van der Waals surface area (Å²) in [4.78, 5) is 14.2. The molecule has 0 bridgehead atoms. The quantitative estimate of drug-likeness (QED) is 0.850. The van der Waals surface area contributed by atoms with Gasteiger partial charge in [0.25, 0.3) is 12.3 Å². The van der Waals surface area contributed by atoms with Crippen LogP contribution >= 0.6 is 15.9 Å². The van der Waals surface area contributed by atoms with Gasteiger partial charge in [0, 0.05) is 6.20 Å². The van der Waals surface area contributed by atoms with Crippen molar-refractivity contribution < 1.29 is 13.6 Å². The number of carbonyl (C=O) groups excluding carboxylic acids is 1. The molecule has 76 valence electrons. The standard InChI is InChI=1S/C7H6BrF2N3O/c8-2-1-13-5(6(9)10)3(4(2)11)7(12)14/h1,6H,(H2,11,13)(H2,12,14). The highest BCUT2D eigenvalue weighted by atomic mass is 79.9. The number of anilines is 1. The van der Waals surface area contributed by atoms with Crippen LogP contribution in [0.3, 0.4) is 0 Å². The highest BCUT2D eigenvalue weighted by molar-refractivity contribution is 9.10. The summed E-state index contributed by atoms with van der Waals surface area (Å²) in [7, 11) is 0. The van der Waals surface area contributed by atoms with Gasteiger partial charge in [0.2, 0.25) is 0 Å². The van der Waals surface area contributed by atoms with E-state index in [1.54, 1.807) is 0 Å². The number of pyridine rings is 1. The zero-order valence-electron chi connectivity index (χ0n) is 6.80. The van der Waals surface area contributed by atoms with E-state index >= 15 is 0 Å². The average Bonchev–Trinajstić information content (AvgIpc) is 2.08. The maximum absolute atomic E-state index is 12.4. The monoisotopic (exact) mass is 265 g/mol. The number of primary amides is 1. The second kappa shape index (κ2) is 3.87. The lowest BCUT2D eigenvalue weighted by molar-refractivity contribution is 0.0984. The van der Waals surface area contributed by atoms with Crippen LogP contribution in [0, 0.1) is 0 Å². The number of rotatable bonds is 2. The molecule has 4 N–H and O–H groups in total. The van der Waals surface area contributed by atoms with E-state index in [-0.39, 0.29) is 10.2 Å². The van der Waals surface area contributed by atoms with Crippen molar-refractivity contribution in [3.8, 4) is 0 Å². The van der Waals surface area contributed by atoms with Crippen molar-refractivity contribution in [1.82, 2.24) is 4.98 Å². The van der Waals surface area contributed by atoms with E-state index in [9.17, 15) is 13.6 Å². The SMILES string of the molecule is NC(=O)c1c(C(F)F)ncc(Br)c1N. The summed E-state index contributed by atoms with van der Waals surface area (Å²) in [5.74, 6) is -1.02. The molecule has 1 heterocycles. The molecule has 7 heteroatoms. The number of carbonyl (C=O) groups is 1. The Morgan fingerprint density at radius 1 is 1.57 bits per heavy atom. The lowest BCUT2D eigenvalue weighted by Gasteiger charge is -2.08. The lowest BCUT2D eigenvalue weighted by Crippen LogP contribution is -2.18. The van der Waals surface area contributed by atoms with Crippen molar-refractivity contribution in [2.24, 2.45) is 5.73 Å². The Bertz CT molecular complexity index is 383. The van der Waals surface area contributed by atoms with Gasteiger partial charge < -0.3 is 11.5 Å². The number of aromatic nitrogens is 1. The second-order valence-corrected chi connectivity index (χ2v) is 3.30. The molecular weight excluding hydrogens is 260 g/mol. The second-order valence-electron chi connectivity index (χ2n) is 2.44. The fraction of sp³-hybridized carbons (Fsp3) is 0.143. The first-order valence-electron chi connectivity index (χ1n) is 3.47. The summed E-state index contributed by atoms with van der Waals surface area (Å²) in [6.45, 7) is 0. The van der Waals surface area contributed by atoms with E-state index in [1.807, 2.05) is 0 Å². The van der Waals surface area contributed by atoms with Crippen LogP contribution in [0.5, 0.6) is 0 Å². The molecule has 1 rings (SSSR count). The number of alkyl halides is 2. The zero-order chi connectivity index (χ0) is 10.9. The number of nitrogens with zero attached hydrogens (tertiary/aromatic N) is 1. The van der Waals surface area contributed by atoms with E-state index in [0.717, 1.165) is 6.20 Å². The third kappa shape index (κ3) is 1.82. The van der Waals surface area contributed by atoms with Crippen LogP contribution in [0.2, 0.25) is 0 Å². The molecule has 1 amide bonds. The summed E-state index contributed by atoms with van der Waals surface area (Å²) in [6.07, 6.45) is -1.78. The molecule has 0 spiro atoms. The zero-order valence-corrected chi connectivity index (χ0v) is 8.38. The van der Waals surface area contributed by atoms with E-state index in [1.165, 1.54) is 0 Å². The average molecular weight is 266 g/mol. The summed E-state index contributed by atoms with van der Waals surface area (Å²) in [5, 5.41) is 0. The Hall–Kier alpha value is -1.24. The van der Waals surface area contributed by atoms with Gasteiger partial charge in [-0.05, 0) is 15.9 Å². The molecule has 0 saturated carbocycles. The Labute approximate surface area is 86.4 Å². The first kappa shape index (κ1) is 10.8. The van der Waals surface area contributed by atoms with Gasteiger partial charge in [-0.3, -0.25) is 9.78 Å². The van der Waals surface area contributed by atoms with Crippen LogP contribution in [0.25, 0.3) is 0 Å². The summed E-state index contributed by atoms with van der Waals surface area (Å²) in [6, 6.07) is 0. The summed E-state index contributed by atoms with van der Waals surface area (Å²) < 4.78 is 25.0. The number of hydrogen-bond donors (Lipinski definition) is 2. The largest absolute Gasteiger partial charge is 0.397 e. The van der Waals surface area contributed by atoms with Crippen LogP contribution in [0.4, 0.5) is 14.5 Å². The van der Waals surface area contributed by atoms with Crippen LogP contribution in [0.1, 0.15) is 22.5 Å². The fourth-order valence-corrected chi connectivity index (χ4v) is 1.24. The lowest BCUT2D eigenvalue weighted by atomic mass is 10.1. The maximum Gasteiger partial charge on any atom is 0.281 e. The molecule has 0 radical (unpaired) electrons. The van der Waals surface area contributed by atoms with Gasteiger partial charge in [-0.2, -0.15) is 0 Å². The smallest absolute Gasteiger partial charge is 0.281 e. The number of halogens is 3. The van der Waals surface area contributed by atoms with Gasteiger partial charge in [-0.1, -0.05) is 0 Å². The molecule has 0 unspecified atom stereocenters. The van der Waals surface area contributed by atoms with Crippen LogP contribution in [-0.4, -0.2) is 10.9 Å². The minimum absolute atomic E-state index is 0.122. The topological polar surface area (TPSA) is 82.0 Å². The van der Waals surface area contributed by atoms with Gasteiger partial charge in [0.15, 0.2) is 0 Å². The highest BCUT2D eigenvalue weighted by Gasteiger charge is 2.22. The van der Waals surface area contributed by atoms with Crippen LogP contribution in [0.15, 0.2) is 10.7 Å². The minimum atomic E-state index is -2.88. The van der Waals surface area contributed by atoms with Crippen LogP contribution in [-0.2, 0) is 0 Å². The van der Waals surface area contributed by atoms with Crippen molar-refractivity contribution in [1.29, 1.82) is 0 Å². The fourth-order valence-electron chi connectivity index (χ4n) is 0.942. The molecule has 0 aliphatic heterocycles. The molecule has 4 nitrogen and oxygen atoms in total. The first-order chi connectivity index (χ1) is 6.45. The molecule has 0 fully saturated rings. The van der Waals surface area contributed by atoms with Crippen molar-refractivity contribution in [2.75, 3.05) is 5.73 Å². The Morgan fingerprint density at radius 3 is 2.57 bits per heavy atom. The van der Waals surface area contributed by atoms with E-state index < -0.39 is 23.6 Å². The number of nitrogens with two attached hydrogens (primary N) is 2. The molecular formula is C7H6BrF2N3O. The van der Waals surface area contributed by atoms with Crippen molar-refractivity contribution >= 4 is 27.5 Å². The van der Waals surface area contributed by atoms with Gasteiger partial charge in [0.05, 0.1) is 15.7 Å². The van der Waals surface area contributed by atoms with E-state index in [0.29, 0.717) is 0 Å². The van der Waals surface area contributed by atoms with Gasteiger partial charge in [-0.25, -0.2) is 8.78 Å². The van der Waals surface area contributed by atoms with Crippen LogP contribution < -0.4 is 11.5 Å². The maximum atomic E-state index is 12.4. The summed E-state index contributed by atoms with van der Waals surface area (Å²) in [5.41, 5.74) is 9.06. The Morgan fingerprint density at radius 2 is 2.14 bits per heavy atom. The van der Waals surface area contributed by atoms with E-state index in [4.69, 9.17) is 11.5 Å². The Kier molecular flexibility index (Phi) is 3.00. The molecule has 0 atom stereocenters. The molecule has 0 aliphatic carbocycles. The molecule has 0 aromatic carbocycles. The van der Waals surface area contributed by atoms with Crippen molar-refractivity contribution in [3.63, 3.8) is 0 Å². The van der Waals surface area contributed by atoms with E-state index in [2.05, 4.69) is 20.9 Å². The van der Waals surface area contributed by atoms with Gasteiger partial charge in [0.1, 0.15) is 5.69 Å². The number of hydrogen-bond acceptors (Lipinski definition) is 3. The number of nitrogen functional groups attached to an aromatic ring is 1.